The van der Waals surface area contributed by atoms with Crippen molar-refractivity contribution in [3.8, 4) is 6.07 Å². The molecule has 1 saturated carbocycles. The van der Waals surface area contributed by atoms with E-state index < -0.39 is 0 Å². The van der Waals surface area contributed by atoms with Crippen LogP contribution >= 0.6 is 0 Å². The number of benzene rings is 1. The van der Waals surface area contributed by atoms with E-state index in [9.17, 15) is 5.26 Å². The first kappa shape index (κ1) is 11.7. The Morgan fingerprint density at radius 1 is 1.25 bits per heavy atom. The number of nitrogens with zero attached hydrogens (tertiary/aromatic N) is 4. The molecule has 0 bridgehead atoms. The highest BCUT2D eigenvalue weighted by atomic mass is 16.5. The van der Waals surface area contributed by atoms with E-state index in [4.69, 9.17) is 4.74 Å². The summed E-state index contributed by atoms with van der Waals surface area (Å²) in [6.07, 6.45) is 4.30. The van der Waals surface area contributed by atoms with E-state index >= 15 is 0 Å². The number of ether oxygens (including phenoxy) is 1. The van der Waals surface area contributed by atoms with Gasteiger partial charge >= 0.3 is 0 Å². The quantitative estimate of drug-likeness (QED) is 0.836. The summed E-state index contributed by atoms with van der Waals surface area (Å²) in [6.45, 7) is 3.24. The molecule has 0 N–H and O–H groups in total. The first-order chi connectivity index (χ1) is 9.86. The van der Waals surface area contributed by atoms with Gasteiger partial charge < -0.3 is 9.64 Å². The van der Waals surface area contributed by atoms with Gasteiger partial charge in [-0.2, -0.15) is 10.4 Å². The van der Waals surface area contributed by atoms with E-state index in [0.717, 1.165) is 37.4 Å². The molecule has 0 unspecified atom stereocenters. The van der Waals surface area contributed by atoms with Gasteiger partial charge in [-0.05, 0) is 25.0 Å². The van der Waals surface area contributed by atoms with Crippen molar-refractivity contribution < 1.29 is 4.74 Å². The molecule has 5 heteroatoms. The van der Waals surface area contributed by atoms with E-state index in [2.05, 4.69) is 20.7 Å². The maximum absolute atomic E-state index is 9.23. The van der Waals surface area contributed by atoms with Crippen molar-refractivity contribution >= 4 is 16.6 Å². The SMILES string of the molecule is N#Cc1cc(N2CCOCC2)c2c(cnn2C2CC2)c1. The van der Waals surface area contributed by atoms with Gasteiger partial charge in [-0.1, -0.05) is 0 Å². The molecule has 102 valence electrons. The maximum atomic E-state index is 9.23. The van der Waals surface area contributed by atoms with Gasteiger partial charge in [-0.25, -0.2) is 0 Å². The summed E-state index contributed by atoms with van der Waals surface area (Å²) in [5.41, 5.74) is 3.01. The third kappa shape index (κ3) is 1.84. The Morgan fingerprint density at radius 2 is 2.05 bits per heavy atom. The van der Waals surface area contributed by atoms with Gasteiger partial charge in [-0.15, -0.1) is 0 Å². The first-order valence-electron chi connectivity index (χ1n) is 7.11. The van der Waals surface area contributed by atoms with Crippen LogP contribution in [0.4, 0.5) is 5.69 Å². The molecular weight excluding hydrogens is 252 g/mol. The second-order valence-electron chi connectivity index (χ2n) is 5.46. The molecule has 1 aromatic heterocycles. The van der Waals surface area contributed by atoms with Crippen LogP contribution in [0.25, 0.3) is 10.9 Å². The minimum Gasteiger partial charge on any atom is -0.378 e. The predicted octanol–water partition coefficient (Wildman–Crippen LogP) is 2.08. The van der Waals surface area contributed by atoms with Crippen LogP contribution < -0.4 is 4.90 Å². The van der Waals surface area contributed by atoms with Crippen LogP contribution in [0.15, 0.2) is 18.3 Å². The zero-order valence-corrected chi connectivity index (χ0v) is 11.2. The Kier molecular flexibility index (Phi) is 2.64. The van der Waals surface area contributed by atoms with Gasteiger partial charge in [0.25, 0.3) is 0 Å². The van der Waals surface area contributed by atoms with Gasteiger partial charge in [0, 0.05) is 18.5 Å². The van der Waals surface area contributed by atoms with Crippen LogP contribution in [0.2, 0.25) is 0 Å². The molecule has 2 fully saturated rings. The number of rotatable bonds is 2. The lowest BCUT2D eigenvalue weighted by Crippen LogP contribution is -2.36. The Labute approximate surface area is 117 Å². The molecule has 1 aromatic carbocycles. The molecule has 5 nitrogen and oxygen atoms in total. The lowest BCUT2D eigenvalue weighted by Gasteiger charge is -2.29. The van der Waals surface area contributed by atoms with E-state index in [0.29, 0.717) is 11.6 Å². The van der Waals surface area contributed by atoms with Crippen molar-refractivity contribution in [2.24, 2.45) is 0 Å². The van der Waals surface area contributed by atoms with Crippen LogP contribution in [-0.2, 0) is 4.74 Å². The third-order valence-corrected chi connectivity index (χ3v) is 4.04. The molecule has 0 atom stereocenters. The molecular formula is C15H16N4O. The topological polar surface area (TPSA) is 54.1 Å². The van der Waals surface area contributed by atoms with Crippen LogP contribution in [0.3, 0.4) is 0 Å². The highest BCUT2D eigenvalue weighted by Gasteiger charge is 2.28. The lowest BCUT2D eigenvalue weighted by molar-refractivity contribution is 0.123. The Bertz CT molecular complexity index is 690. The van der Waals surface area contributed by atoms with Gasteiger partial charge in [0.1, 0.15) is 0 Å². The number of hydrogen-bond acceptors (Lipinski definition) is 4. The maximum Gasteiger partial charge on any atom is 0.0992 e. The van der Waals surface area contributed by atoms with Crippen molar-refractivity contribution in [2.75, 3.05) is 31.2 Å². The fourth-order valence-corrected chi connectivity index (χ4v) is 2.88. The lowest BCUT2D eigenvalue weighted by atomic mass is 10.1. The number of anilines is 1. The molecule has 2 aliphatic rings. The minimum atomic E-state index is 0.542. The highest BCUT2D eigenvalue weighted by Crippen LogP contribution is 2.39. The molecule has 2 heterocycles. The monoisotopic (exact) mass is 268 g/mol. The van der Waals surface area contributed by atoms with Gasteiger partial charge in [-0.3, -0.25) is 4.68 Å². The zero-order valence-electron chi connectivity index (χ0n) is 11.2. The van der Waals surface area contributed by atoms with Crippen molar-refractivity contribution in [1.29, 1.82) is 5.26 Å². The van der Waals surface area contributed by atoms with Gasteiger partial charge in [0.05, 0.1) is 48.3 Å². The van der Waals surface area contributed by atoms with E-state index in [1.165, 1.54) is 18.4 Å². The second-order valence-corrected chi connectivity index (χ2v) is 5.46. The smallest absolute Gasteiger partial charge is 0.0992 e. The molecule has 0 radical (unpaired) electrons. The summed E-state index contributed by atoms with van der Waals surface area (Å²) in [7, 11) is 0. The molecule has 0 amide bonds. The molecule has 2 aromatic rings. The molecule has 4 rings (SSSR count). The van der Waals surface area contributed by atoms with Gasteiger partial charge in [0.15, 0.2) is 0 Å². The fourth-order valence-electron chi connectivity index (χ4n) is 2.88. The number of nitriles is 1. The van der Waals surface area contributed by atoms with Crippen molar-refractivity contribution in [3.05, 3.63) is 23.9 Å². The zero-order chi connectivity index (χ0) is 13.5. The summed E-state index contributed by atoms with van der Waals surface area (Å²) < 4.78 is 7.57. The second kappa shape index (κ2) is 4.50. The normalized spacial score (nSPS) is 19.2. The minimum absolute atomic E-state index is 0.542. The summed E-state index contributed by atoms with van der Waals surface area (Å²) in [4.78, 5) is 2.31. The molecule has 1 aliphatic carbocycles. The summed E-state index contributed by atoms with van der Waals surface area (Å²) in [5.74, 6) is 0. The Balaban J connectivity index is 1.90. The summed E-state index contributed by atoms with van der Waals surface area (Å²) >= 11 is 0. The molecule has 1 aliphatic heterocycles. The van der Waals surface area contributed by atoms with Crippen LogP contribution in [0, 0.1) is 11.3 Å². The first-order valence-corrected chi connectivity index (χ1v) is 7.11. The standard InChI is InChI=1S/C15H16N4O/c16-9-11-7-12-10-17-19(13-1-2-13)15(12)14(8-11)18-3-5-20-6-4-18/h7-8,10,13H,1-6H2. The number of fused-ring (bicyclic) bond motifs is 1. The molecule has 1 saturated heterocycles. The van der Waals surface area contributed by atoms with Crippen molar-refractivity contribution in [1.82, 2.24) is 9.78 Å². The molecule has 0 spiro atoms. The van der Waals surface area contributed by atoms with Gasteiger partial charge in [0.2, 0.25) is 0 Å². The number of morpholine rings is 1. The molecule has 20 heavy (non-hydrogen) atoms. The largest absolute Gasteiger partial charge is 0.378 e. The van der Waals surface area contributed by atoms with Crippen molar-refractivity contribution in [2.45, 2.75) is 18.9 Å². The van der Waals surface area contributed by atoms with Crippen LogP contribution in [0.5, 0.6) is 0 Å². The Hall–Kier alpha value is -2.06. The third-order valence-electron chi connectivity index (χ3n) is 4.04. The average Bonchev–Trinajstić information content (AvgIpc) is 3.26. The van der Waals surface area contributed by atoms with E-state index in [1.54, 1.807) is 0 Å². The average molecular weight is 268 g/mol. The number of aromatic nitrogens is 2. The number of hydrogen-bond donors (Lipinski definition) is 0. The fraction of sp³-hybridized carbons (Fsp3) is 0.467. The van der Waals surface area contributed by atoms with E-state index in [-0.39, 0.29) is 0 Å². The summed E-state index contributed by atoms with van der Waals surface area (Å²) in [5, 5.41) is 14.8. The summed E-state index contributed by atoms with van der Waals surface area (Å²) in [6, 6.07) is 6.73. The van der Waals surface area contributed by atoms with E-state index in [1.807, 2.05) is 18.3 Å². The van der Waals surface area contributed by atoms with Crippen molar-refractivity contribution in [3.63, 3.8) is 0 Å². The Morgan fingerprint density at radius 3 is 2.75 bits per heavy atom. The van der Waals surface area contributed by atoms with Crippen LogP contribution in [-0.4, -0.2) is 36.1 Å². The highest BCUT2D eigenvalue weighted by molar-refractivity contribution is 5.93. The predicted molar refractivity (Wildman–Crippen MR) is 75.8 cm³/mol. The van der Waals surface area contributed by atoms with Crippen LogP contribution in [0.1, 0.15) is 24.4 Å².